The maximum Gasteiger partial charge on any atom is 1.00 e. The van der Waals surface area contributed by atoms with Gasteiger partial charge in [-0.1, -0.05) is 42.0 Å². The van der Waals surface area contributed by atoms with Crippen molar-refractivity contribution in [2.24, 2.45) is 0 Å². The Morgan fingerprint density at radius 1 is 0.958 bits per heavy atom. The van der Waals surface area contributed by atoms with Crippen LogP contribution in [0.5, 0.6) is 0 Å². The van der Waals surface area contributed by atoms with E-state index >= 15 is 0 Å². The zero-order valence-electron chi connectivity index (χ0n) is 13.1. The standard InChI is InChI=1S/C15H12BF3NO2S.K/c1-11-6-8-13(9-7-11)23(21,22)20-14-5-3-2-4-12(14)10-15(20)16(17,18)19;/h2-10H,1H3;/q-1;+1. The van der Waals surface area contributed by atoms with E-state index in [1.165, 1.54) is 30.3 Å². The van der Waals surface area contributed by atoms with Gasteiger partial charge in [0, 0.05) is 0 Å². The third-order valence-corrected chi connectivity index (χ3v) is 5.34. The summed E-state index contributed by atoms with van der Waals surface area (Å²) in [6.45, 7) is -3.71. The maximum atomic E-state index is 13.4. The second-order valence-corrected chi connectivity index (χ2v) is 7.07. The van der Waals surface area contributed by atoms with Gasteiger partial charge in [0.05, 0.1) is 10.4 Å². The first-order valence-corrected chi connectivity index (χ1v) is 8.28. The molecule has 3 aromatic rings. The second-order valence-electron chi connectivity index (χ2n) is 5.29. The second kappa shape index (κ2) is 6.97. The summed E-state index contributed by atoms with van der Waals surface area (Å²) in [4.78, 5) is -0.175. The Labute approximate surface area is 180 Å². The van der Waals surface area contributed by atoms with Gasteiger partial charge in [0.1, 0.15) is 0 Å². The smallest absolute Gasteiger partial charge is 0.444 e. The van der Waals surface area contributed by atoms with Crippen LogP contribution in [0.4, 0.5) is 12.9 Å². The minimum atomic E-state index is -5.48. The molecule has 0 N–H and O–H groups in total. The van der Waals surface area contributed by atoms with Crippen LogP contribution in [0.2, 0.25) is 0 Å². The topological polar surface area (TPSA) is 39.1 Å². The van der Waals surface area contributed by atoms with Gasteiger partial charge in [0.25, 0.3) is 10.0 Å². The minimum absolute atomic E-state index is 0. The molecular weight excluding hydrogens is 365 g/mol. The van der Waals surface area contributed by atoms with Gasteiger partial charge < -0.3 is 12.9 Å². The van der Waals surface area contributed by atoms with E-state index in [1.54, 1.807) is 25.1 Å². The molecule has 0 aliphatic heterocycles. The van der Waals surface area contributed by atoms with Gasteiger partial charge in [-0.15, -0.1) is 0 Å². The van der Waals surface area contributed by atoms with Crippen molar-refractivity contribution in [3.63, 3.8) is 0 Å². The summed E-state index contributed by atoms with van der Waals surface area (Å²) in [5.41, 5.74) is -0.310. The summed E-state index contributed by atoms with van der Waals surface area (Å²) in [5.74, 6) is 0. The molecule has 0 unspecified atom stereocenters. The van der Waals surface area contributed by atoms with Crippen LogP contribution in [0.15, 0.2) is 59.5 Å². The van der Waals surface area contributed by atoms with Crippen LogP contribution < -0.4 is 57.0 Å². The van der Waals surface area contributed by atoms with Gasteiger partial charge in [-0.3, -0.25) is 3.97 Å². The van der Waals surface area contributed by atoms with E-state index in [-0.39, 0.29) is 67.2 Å². The molecule has 0 fully saturated rings. The quantitative estimate of drug-likeness (QED) is 0.614. The largest absolute Gasteiger partial charge is 1.00 e. The van der Waals surface area contributed by atoms with E-state index in [1.807, 2.05) is 0 Å². The Kier molecular flexibility index (Phi) is 5.73. The fourth-order valence-corrected chi connectivity index (χ4v) is 4.03. The van der Waals surface area contributed by atoms with Crippen molar-refractivity contribution in [3.05, 3.63) is 60.2 Å². The summed E-state index contributed by atoms with van der Waals surface area (Å²) in [6, 6.07) is 12.5. The number of para-hydroxylation sites is 1. The average Bonchev–Trinajstić information content (AvgIpc) is 2.88. The summed E-state index contributed by atoms with van der Waals surface area (Å²) in [6.07, 6.45) is 0. The van der Waals surface area contributed by atoms with Crippen LogP contribution in [0.25, 0.3) is 10.9 Å². The fourth-order valence-electron chi connectivity index (χ4n) is 2.46. The predicted molar refractivity (Wildman–Crippen MR) is 84.4 cm³/mol. The van der Waals surface area contributed by atoms with Crippen molar-refractivity contribution in [2.45, 2.75) is 11.8 Å². The molecular formula is C15H12BF3KNO2S. The Balaban J connectivity index is 0.00000208. The fraction of sp³-hybridized carbons (Fsp3) is 0.0667. The van der Waals surface area contributed by atoms with E-state index in [2.05, 4.69) is 0 Å². The average molecular weight is 377 g/mol. The van der Waals surface area contributed by atoms with Gasteiger partial charge >= 0.3 is 58.4 Å². The molecule has 24 heavy (non-hydrogen) atoms. The van der Waals surface area contributed by atoms with E-state index in [0.717, 1.165) is 11.6 Å². The number of aryl methyl sites for hydroxylation is 1. The number of benzene rings is 2. The van der Waals surface area contributed by atoms with E-state index in [0.29, 0.717) is 3.97 Å². The Morgan fingerprint density at radius 3 is 2.12 bits per heavy atom. The van der Waals surface area contributed by atoms with Crippen molar-refractivity contribution in [1.82, 2.24) is 3.97 Å². The summed E-state index contributed by atoms with van der Waals surface area (Å²) in [7, 11) is -4.34. The normalized spacial score (nSPS) is 12.2. The van der Waals surface area contributed by atoms with Crippen molar-refractivity contribution in [3.8, 4) is 0 Å². The van der Waals surface area contributed by atoms with Crippen LogP contribution >= 0.6 is 0 Å². The number of hydrogen-bond donors (Lipinski definition) is 0. The van der Waals surface area contributed by atoms with Gasteiger partial charge in [-0.05, 0) is 36.1 Å². The number of rotatable bonds is 3. The van der Waals surface area contributed by atoms with Crippen molar-refractivity contribution in [2.75, 3.05) is 0 Å². The van der Waals surface area contributed by atoms with E-state index in [9.17, 15) is 21.4 Å². The molecule has 0 amide bonds. The van der Waals surface area contributed by atoms with E-state index < -0.39 is 22.6 Å². The van der Waals surface area contributed by atoms with Crippen molar-refractivity contribution < 1.29 is 72.7 Å². The molecule has 0 bridgehead atoms. The molecule has 9 heteroatoms. The third-order valence-electron chi connectivity index (χ3n) is 3.59. The molecule has 120 valence electrons. The van der Waals surface area contributed by atoms with Crippen LogP contribution in [-0.4, -0.2) is 19.4 Å². The number of aromatic nitrogens is 1. The first-order valence-electron chi connectivity index (χ1n) is 6.84. The first-order chi connectivity index (χ1) is 10.7. The van der Waals surface area contributed by atoms with Crippen molar-refractivity contribution in [1.29, 1.82) is 0 Å². The first kappa shape index (κ1) is 19.7. The Morgan fingerprint density at radius 2 is 1.54 bits per heavy atom. The maximum absolute atomic E-state index is 13.4. The van der Waals surface area contributed by atoms with E-state index in [4.69, 9.17) is 0 Å². The molecule has 0 atom stereocenters. The zero-order chi connectivity index (χ0) is 16.8. The SMILES string of the molecule is Cc1ccc(S(=O)(=O)n2c([B-](F)(F)F)cc3ccccc32)cc1.[K+]. The summed E-state index contributed by atoms with van der Waals surface area (Å²) >= 11 is 0. The number of nitrogens with zero attached hydrogens (tertiary/aromatic N) is 1. The van der Waals surface area contributed by atoms with Gasteiger partial charge in [-0.2, -0.15) is 0 Å². The molecule has 0 aliphatic rings. The Bertz CT molecular complexity index is 982. The van der Waals surface area contributed by atoms with Crippen LogP contribution in [0.1, 0.15) is 5.56 Å². The molecule has 0 aliphatic carbocycles. The minimum Gasteiger partial charge on any atom is -0.444 e. The molecule has 2 aromatic carbocycles. The van der Waals surface area contributed by atoms with Gasteiger partial charge in [0.15, 0.2) is 0 Å². The van der Waals surface area contributed by atoms with Gasteiger partial charge in [-0.25, -0.2) is 8.42 Å². The van der Waals surface area contributed by atoms with Crippen LogP contribution in [0, 0.1) is 6.92 Å². The molecule has 1 heterocycles. The van der Waals surface area contributed by atoms with Crippen molar-refractivity contribution >= 4 is 33.5 Å². The number of halogens is 3. The molecule has 3 rings (SSSR count). The zero-order valence-corrected chi connectivity index (χ0v) is 17.0. The number of fused-ring (bicyclic) bond motifs is 1. The van der Waals surface area contributed by atoms with Crippen LogP contribution in [0.3, 0.4) is 0 Å². The number of hydrogen-bond acceptors (Lipinski definition) is 2. The van der Waals surface area contributed by atoms with Crippen LogP contribution in [-0.2, 0) is 10.0 Å². The molecule has 0 spiro atoms. The molecule has 1 aromatic heterocycles. The third kappa shape index (κ3) is 3.51. The molecule has 0 saturated heterocycles. The molecule has 3 nitrogen and oxygen atoms in total. The predicted octanol–water partition coefficient (Wildman–Crippen LogP) is 0.245. The summed E-state index contributed by atoms with van der Waals surface area (Å²) in [5, 5.41) is 0.234. The van der Waals surface area contributed by atoms with Gasteiger partial charge in [0.2, 0.25) is 0 Å². The molecule has 0 radical (unpaired) electrons. The molecule has 0 saturated carbocycles. The monoisotopic (exact) mass is 377 g/mol. The summed E-state index contributed by atoms with van der Waals surface area (Å²) < 4.78 is 66.0. The Hall–Kier alpha value is -0.579.